The molecule has 20 heavy (non-hydrogen) atoms. The topological polar surface area (TPSA) is 52.6 Å². The Morgan fingerprint density at radius 3 is 1.50 bits per heavy atom. The van der Waals surface area contributed by atoms with Crippen LogP contribution >= 0.6 is 0 Å². The number of carbonyl (C=O) groups excluding carboxylic acids is 2. The van der Waals surface area contributed by atoms with Gasteiger partial charge < -0.3 is 9.47 Å². The molecule has 0 radical (unpaired) electrons. The molecule has 0 atom stereocenters. The van der Waals surface area contributed by atoms with E-state index in [1.54, 1.807) is 0 Å². The van der Waals surface area contributed by atoms with Crippen molar-refractivity contribution in [2.24, 2.45) is 11.8 Å². The molecule has 0 unspecified atom stereocenters. The van der Waals surface area contributed by atoms with Crippen LogP contribution in [0.1, 0.15) is 25.7 Å². The first-order chi connectivity index (χ1) is 9.65. The fourth-order valence-corrected chi connectivity index (χ4v) is 2.34. The van der Waals surface area contributed by atoms with Gasteiger partial charge in [0.2, 0.25) is 0 Å². The number of hydrogen-bond donors (Lipinski definition) is 0. The molecule has 4 nitrogen and oxygen atoms in total. The van der Waals surface area contributed by atoms with Crippen molar-refractivity contribution in [2.75, 3.05) is 26.4 Å². The van der Waals surface area contributed by atoms with E-state index in [-0.39, 0.29) is 24.8 Å². The first-order valence-electron chi connectivity index (χ1n) is 7.11. The maximum atomic E-state index is 11.0. The van der Waals surface area contributed by atoms with E-state index in [4.69, 9.17) is 9.47 Å². The Morgan fingerprint density at radius 1 is 0.850 bits per heavy atom. The van der Waals surface area contributed by atoms with Gasteiger partial charge in [-0.1, -0.05) is 13.2 Å². The van der Waals surface area contributed by atoms with E-state index in [1.165, 1.54) is 12.2 Å². The molecule has 1 aliphatic rings. The first kappa shape index (κ1) is 16.8. The van der Waals surface area contributed by atoms with Crippen molar-refractivity contribution in [3.8, 4) is 0 Å². The van der Waals surface area contributed by atoms with Gasteiger partial charge in [0, 0.05) is 0 Å². The van der Waals surface area contributed by atoms with Crippen molar-refractivity contribution in [3.63, 3.8) is 0 Å². The highest BCUT2D eigenvalue weighted by molar-refractivity contribution is 5.90. The number of ketones is 2. The standard InChI is InChI=1S/C16H24O4/c1-3-15(17)11-19-9-13-5-7-14(8-6-13)10-20-12-16(18)4-2/h3-4,13-14H,1-2,5-12H2. The highest BCUT2D eigenvalue weighted by atomic mass is 16.5. The highest BCUT2D eigenvalue weighted by Crippen LogP contribution is 2.29. The fraction of sp³-hybridized carbons (Fsp3) is 0.625. The maximum absolute atomic E-state index is 11.0. The van der Waals surface area contributed by atoms with Crippen LogP contribution in [0.25, 0.3) is 0 Å². The summed E-state index contributed by atoms with van der Waals surface area (Å²) in [4.78, 5) is 22.0. The lowest BCUT2D eigenvalue weighted by atomic mass is 9.83. The van der Waals surface area contributed by atoms with Crippen molar-refractivity contribution in [1.29, 1.82) is 0 Å². The van der Waals surface area contributed by atoms with E-state index in [2.05, 4.69) is 13.2 Å². The normalized spacial score (nSPS) is 22.2. The van der Waals surface area contributed by atoms with Crippen LogP contribution < -0.4 is 0 Å². The zero-order chi connectivity index (χ0) is 14.8. The second kappa shape index (κ2) is 9.61. The van der Waals surface area contributed by atoms with Crippen LogP contribution in [-0.2, 0) is 19.1 Å². The Bertz CT molecular complexity index is 306. The summed E-state index contributed by atoms with van der Waals surface area (Å²) in [5, 5.41) is 0. The molecule has 0 bridgehead atoms. The average molecular weight is 280 g/mol. The SMILES string of the molecule is C=CC(=O)COCC1CCC(COCC(=O)C=C)CC1. The predicted octanol–water partition coefficient (Wildman–Crippen LogP) is 2.34. The Kier molecular flexibility index (Phi) is 8.07. The molecule has 0 spiro atoms. The first-order valence-corrected chi connectivity index (χ1v) is 7.11. The van der Waals surface area contributed by atoms with Gasteiger partial charge in [-0.15, -0.1) is 0 Å². The van der Waals surface area contributed by atoms with Gasteiger partial charge in [-0.2, -0.15) is 0 Å². The molecule has 0 aromatic rings. The molecule has 1 rings (SSSR count). The number of hydrogen-bond acceptors (Lipinski definition) is 4. The summed E-state index contributed by atoms with van der Waals surface area (Å²) in [6.45, 7) is 8.37. The monoisotopic (exact) mass is 280 g/mol. The molecular weight excluding hydrogens is 256 g/mol. The molecule has 1 saturated carbocycles. The fourth-order valence-electron chi connectivity index (χ4n) is 2.34. The van der Waals surface area contributed by atoms with Gasteiger partial charge in [-0.25, -0.2) is 0 Å². The smallest absolute Gasteiger partial charge is 0.180 e. The van der Waals surface area contributed by atoms with Crippen LogP contribution in [0.2, 0.25) is 0 Å². The third-order valence-corrected chi connectivity index (χ3v) is 3.62. The molecule has 4 heteroatoms. The van der Waals surface area contributed by atoms with Crippen molar-refractivity contribution >= 4 is 11.6 Å². The minimum Gasteiger partial charge on any atom is -0.373 e. The minimum atomic E-state index is -0.0704. The van der Waals surface area contributed by atoms with Crippen LogP contribution in [0, 0.1) is 11.8 Å². The van der Waals surface area contributed by atoms with E-state index >= 15 is 0 Å². The third kappa shape index (κ3) is 6.78. The molecule has 0 N–H and O–H groups in total. The predicted molar refractivity (Wildman–Crippen MR) is 77.5 cm³/mol. The summed E-state index contributed by atoms with van der Waals surface area (Å²) in [5.74, 6) is 0.912. The molecule has 0 aromatic heterocycles. The van der Waals surface area contributed by atoms with Crippen molar-refractivity contribution in [2.45, 2.75) is 25.7 Å². The second-order valence-electron chi connectivity index (χ2n) is 5.26. The number of rotatable bonds is 10. The van der Waals surface area contributed by atoms with Gasteiger partial charge in [-0.05, 0) is 49.7 Å². The van der Waals surface area contributed by atoms with Gasteiger partial charge in [0.15, 0.2) is 11.6 Å². The largest absolute Gasteiger partial charge is 0.373 e. The van der Waals surface area contributed by atoms with E-state index in [9.17, 15) is 9.59 Å². The lowest BCUT2D eigenvalue weighted by molar-refractivity contribution is -0.120. The maximum Gasteiger partial charge on any atom is 0.180 e. The molecule has 0 amide bonds. The van der Waals surface area contributed by atoms with E-state index < -0.39 is 0 Å². The number of carbonyl (C=O) groups is 2. The Hall–Kier alpha value is -1.26. The second-order valence-corrected chi connectivity index (χ2v) is 5.26. The zero-order valence-corrected chi connectivity index (χ0v) is 12.0. The van der Waals surface area contributed by atoms with Crippen molar-refractivity contribution in [3.05, 3.63) is 25.3 Å². The van der Waals surface area contributed by atoms with E-state index in [0.717, 1.165) is 25.7 Å². The van der Waals surface area contributed by atoms with Gasteiger partial charge in [-0.3, -0.25) is 9.59 Å². The molecule has 0 heterocycles. The molecule has 1 fully saturated rings. The Morgan fingerprint density at radius 2 is 1.20 bits per heavy atom. The molecule has 1 aliphatic carbocycles. The van der Waals surface area contributed by atoms with Crippen LogP contribution in [-0.4, -0.2) is 38.0 Å². The van der Waals surface area contributed by atoms with Gasteiger partial charge in [0.1, 0.15) is 13.2 Å². The molecular formula is C16H24O4. The van der Waals surface area contributed by atoms with Crippen molar-refractivity contribution < 1.29 is 19.1 Å². The summed E-state index contributed by atoms with van der Waals surface area (Å²) < 4.78 is 10.8. The quantitative estimate of drug-likeness (QED) is 0.576. The van der Waals surface area contributed by atoms with Crippen LogP contribution in [0.4, 0.5) is 0 Å². The average Bonchev–Trinajstić information content (AvgIpc) is 2.48. The lowest BCUT2D eigenvalue weighted by Crippen LogP contribution is -2.23. The lowest BCUT2D eigenvalue weighted by Gasteiger charge is -2.28. The summed E-state index contributed by atoms with van der Waals surface area (Å²) in [7, 11) is 0. The number of ether oxygens (including phenoxy) is 2. The molecule has 0 aliphatic heterocycles. The third-order valence-electron chi connectivity index (χ3n) is 3.62. The summed E-state index contributed by atoms with van der Waals surface area (Å²) in [6, 6.07) is 0. The van der Waals surface area contributed by atoms with Gasteiger partial charge in [0.25, 0.3) is 0 Å². The van der Waals surface area contributed by atoms with Crippen LogP contribution in [0.15, 0.2) is 25.3 Å². The van der Waals surface area contributed by atoms with Gasteiger partial charge >= 0.3 is 0 Å². The highest BCUT2D eigenvalue weighted by Gasteiger charge is 2.21. The van der Waals surface area contributed by atoms with Crippen molar-refractivity contribution in [1.82, 2.24) is 0 Å². The van der Waals surface area contributed by atoms with E-state index in [0.29, 0.717) is 25.0 Å². The Balaban J connectivity index is 2.07. The molecule has 112 valence electrons. The van der Waals surface area contributed by atoms with Crippen LogP contribution in [0.5, 0.6) is 0 Å². The zero-order valence-electron chi connectivity index (χ0n) is 12.0. The molecule has 0 aromatic carbocycles. The summed E-state index contributed by atoms with van der Waals surface area (Å²) in [6.07, 6.45) is 6.94. The summed E-state index contributed by atoms with van der Waals surface area (Å²) in [5.41, 5.74) is 0. The summed E-state index contributed by atoms with van der Waals surface area (Å²) >= 11 is 0. The molecule has 0 saturated heterocycles. The van der Waals surface area contributed by atoms with E-state index in [1.807, 2.05) is 0 Å². The Labute approximate surface area is 120 Å². The minimum absolute atomic E-state index is 0.0704. The van der Waals surface area contributed by atoms with Crippen LogP contribution in [0.3, 0.4) is 0 Å². The van der Waals surface area contributed by atoms with Gasteiger partial charge in [0.05, 0.1) is 13.2 Å².